The largest absolute Gasteiger partial charge is 0.478 e. The van der Waals surface area contributed by atoms with Crippen LogP contribution in [0.2, 0.25) is 0 Å². The highest BCUT2D eigenvalue weighted by Crippen LogP contribution is 2.29. The molecule has 0 spiro atoms. The SMILES string of the molecule is Cc1ccc(S(=O)(=O)N=C(Sc2ccccc2C(=O)O)c2ccccc2)cc1. The zero-order chi connectivity index (χ0) is 20.1. The Morgan fingerprint density at radius 2 is 1.50 bits per heavy atom. The third-order valence-corrected chi connectivity index (χ3v) is 6.37. The van der Waals surface area contributed by atoms with E-state index in [4.69, 9.17) is 0 Å². The van der Waals surface area contributed by atoms with Gasteiger partial charge >= 0.3 is 5.97 Å². The molecule has 3 aromatic rings. The van der Waals surface area contributed by atoms with Crippen molar-refractivity contribution in [3.8, 4) is 0 Å². The molecular weight excluding hydrogens is 394 g/mol. The van der Waals surface area contributed by atoms with E-state index in [-0.39, 0.29) is 15.5 Å². The van der Waals surface area contributed by atoms with E-state index < -0.39 is 16.0 Å². The number of carboxylic acids is 1. The lowest BCUT2D eigenvalue weighted by Gasteiger charge is -2.09. The molecule has 0 radical (unpaired) electrons. The summed E-state index contributed by atoms with van der Waals surface area (Å²) in [5.41, 5.74) is 1.61. The molecule has 0 atom stereocenters. The molecule has 0 aromatic heterocycles. The number of benzene rings is 3. The fraction of sp³-hybridized carbons (Fsp3) is 0.0476. The van der Waals surface area contributed by atoms with Crippen LogP contribution in [0.1, 0.15) is 21.5 Å². The monoisotopic (exact) mass is 411 g/mol. The number of carboxylic acid groups (broad SMARTS) is 1. The van der Waals surface area contributed by atoms with E-state index >= 15 is 0 Å². The first-order valence-electron chi connectivity index (χ1n) is 8.34. The Kier molecular flexibility index (Phi) is 5.96. The van der Waals surface area contributed by atoms with E-state index in [9.17, 15) is 18.3 Å². The summed E-state index contributed by atoms with van der Waals surface area (Å²) in [5, 5.41) is 9.62. The van der Waals surface area contributed by atoms with Crippen LogP contribution in [0.25, 0.3) is 0 Å². The molecule has 7 heteroatoms. The minimum absolute atomic E-state index is 0.0821. The van der Waals surface area contributed by atoms with Gasteiger partial charge in [0.2, 0.25) is 0 Å². The number of thioether (sulfide) groups is 1. The molecule has 28 heavy (non-hydrogen) atoms. The number of aryl methyl sites for hydroxylation is 1. The summed E-state index contributed by atoms with van der Waals surface area (Å²) in [7, 11) is -3.96. The Morgan fingerprint density at radius 3 is 2.14 bits per heavy atom. The molecule has 0 heterocycles. The lowest BCUT2D eigenvalue weighted by atomic mass is 10.2. The molecule has 3 rings (SSSR count). The molecule has 0 aliphatic rings. The molecule has 3 aromatic carbocycles. The maximum Gasteiger partial charge on any atom is 0.336 e. The van der Waals surface area contributed by atoms with Gasteiger partial charge in [0.25, 0.3) is 10.0 Å². The normalized spacial score (nSPS) is 12.0. The van der Waals surface area contributed by atoms with Gasteiger partial charge in [0.15, 0.2) is 0 Å². The van der Waals surface area contributed by atoms with Crippen molar-refractivity contribution >= 4 is 32.8 Å². The fourth-order valence-electron chi connectivity index (χ4n) is 2.42. The van der Waals surface area contributed by atoms with Crippen LogP contribution in [0, 0.1) is 6.92 Å². The van der Waals surface area contributed by atoms with Gasteiger partial charge in [-0.05, 0) is 31.2 Å². The predicted octanol–water partition coefficient (Wildman–Crippen LogP) is 4.62. The second-order valence-electron chi connectivity index (χ2n) is 5.95. The number of aromatic carboxylic acids is 1. The van der Waals surface area contributed by atoms with Crippen molar-refractivity contribution in [3.05, 3.63) is 95.6 Å². The van der Waals surface area contributed by atoms with Crippen LogP contribution >= 0.6 is 11.8 Å². The Hall–Kier alpha value is -2.90. The maximum absolute atomic E-state index is 12.8. The molecule has 0 saturated carbocycles. The van der Waals surface area contributed by atoms with Crippen molar-refractivity contribution in [2.24, 2.45) is 4.40 Å². The van der Waals surface area contributed by atoms with Gasteiger partial charge in [-0.25, -0.2) is 4.79 Å². The van der Waals surface area contributed by atoms with Crippen molar-refractivity contribution in [2.75, 3.05) is 0 Å². The summed E-state index contributed by atoms with van der Waals surface area (Å²) in [6.07, 6.45) is 0. The zero-order valence-electron chi connectivity index (χ0n) is 14.9. The molecule has 0 aliphatic carbocycles. The van der Waals surface area contributed by atoms with Crippen LogP contribution in [0.3, 0.4) is 0 Å². The van der Waals surface area contributed by atoms with Crippen LogP contribution in [0.5, 0.6) is 0 Å². The third-order valence-electron chi connectivity index (χ3n) is 3.87. The standard InChI is InChI=1S/C21H17NO4S2/c1-15-11-13-17(14-12-15)28(25,26)22-20(16-7-3-2-4-8-16)27-19-10-6-5-9-18(19)21(23)24/h2-14H,1H3,(H,23,24). The molecular formula is C21H17NO4S2. The maximum atomic E-state index is 12.8. The molecule has 1 N–H and O–H groups in total. The molecule has 0 fully saturated rings. The number of sulfonamides is 1. The fourth-order valence-corrected chi connectivity index (χ4v) is 4.65. The van der Waals surface area contributed by atoms with Crippen molar-refractivity contribution in [2.45, 2.75) is 16.7 Å². The highest BCUT2D eigenvalue weighted by Gasteiger charge is 2.18. The van der Waals surface area contributed by atoms with Gasteiger partial charge in [0, 0.05) is 10.5 Å². The number of carbonyl (C=O) groups is 1. The first kappa shape index (κ1) is 19.9. The topological polar surface area (TPSA) is 83.8 Å². The van der Waals surface area contributed by atoms with E-state index in [1.165, 1.54) is 18.2 Å². The molecule has 5 nitrogen and oxygen atoms in total. The zero-order valence-corrected chi connectivity index (χ0v) is 16.6. The second kappa shape index (κ2) is 8.41. The van der Waals surface area contributed by atoms with Crippen molar-refractivity contribution < 1.29 is 18.3 Å². The molecule has 142 valence electrons. The lowest BCUT2D eigenvalue weighted by molar-refractivity contribution is 0.0693. The molecule has 0 aliphatic heterocycles. The van der Waals surface area contributed by atoms with Crippen LogP contribution in [0.4, 0.5) is 0 Å². The van der Waals surface area contributed by atoms with Gasteiger partial charge in [-0.1, -0.05) is 71.9 Å². The first-order chi connectivity index (χ1) is 13.4. The van der Waals surface area contributed by atoms with Crippen LogP contribution in [-0.2, 0) is 10.0 Å². The van der Waals surface area contributed by atoms with Crippen molar-refractivity contribution in [1.29, 1.82) is 0 Å². The molecule has 0 bridgehead atoms. The van der Waals surface area contributed by atoms with Crippen LogP contribution < -0.4 is 0 Å². The van der Waals surface area contributed by atoms with Gasteiger partial charge in [0.05, 0.1) is 10.5 Å². The smallest absolute Gasteiger partial charge is 0.336 e. The van der Waals surface area contributed by atoms with E-state index in [1.54, 1.807) is 54.6 Å². The number of rotatable bonds is 5. The van der Waals surface area contributed by atoms with Gasteiger partial charge in [-0.15, -0.1) is 0 Å². The Balaban J connectivity index is 2.10. The molecule has 0 amide bonds. The van der Waals surface area contributed by atoms with Gasteiger partial charge < -0.3 is 5.11 Å². The average molecular weight is 412 g/mol. The number of hydrogen-bond acceptors (Lipinski definition) is 4. The second-order valence-corrected chi connectivity index (χ2v) is 8.59. The van der Waals surface area contributed by atoms with Gasteiger partial charge in [0.1, 0.15) is 5.04 Å². The van der Waals surface area contributed by atoms with Crippen molar-refractivity contribution in [3.63, 3.8) is 0 Å². The summed E-state index contributed by atoms with van der Waals surface area (Å²) in [5.74, 6) is -1.09. The van der Waals surface area contributed by atoms with E-state index in [1.807, 2.05) is 13.0 Å². The third kappa shape index (κ3) is 4.68. The summed E-state index contributed by atoms with van der Waals surface area (Å²) in [4.78, 5) is 12.0. The quantitative estimate of drug-likeness (QED) is 0.376. The van der Waals surface area contributed by atoms with Crippen LogP contribution in [0.15, 0.2) is 93.1 Å². The van der Waals surface area contributed by atoms with Crippen molar-refractivity contribution in [1.82, 2.24) is 0 Å². The summed E-state index contributed by atoms with van der Waals surface area (Å²) >= 11 is 1.01. The van der Waals surface area contributed by atoms with E-state index in [0.29, 0.717) is 10.5 Å². The van der Waals surface area contributed by atoms with Gasteiger partial charge in [-0.3, -0.25) is 0 Å². The number of hydrogen-bond donors (Lipinski definition) is 1. The Bertz CT molecular complexity index is 1120. The molecule has 0 saturated heterocycles. The summed E-state index contributed by atoms with van der Waals surface area (Å²) in [6, 6.07) is 21.7. The number of nitrogens with zero attached hydrogens (tertiary/aromatic N) is 1. The Labute approximate surface area is 167 Å². The summed E-state index contributed by atoms with van der Waals surface area (Å²) in [6.45, 7) is 1.87. The highest BCUT2D eigenvalue weighted by atomic mass is 32.2. The minimum Gasteiger partial charge on any atom is -0.478 e. The first-order valence-corrected chi connectivity index (χ1v) is 10.6. The van der Waals surface area contributed by atoms with Gasteiger partial charge in [-0.2, -0.15) is 12.8 Å². The average Bonchev–Trinajstić information content (AvgIpc) is 2.68. The summed E-state index contributed by atoms with van der Waals surface area (Å²) < 4.78 is 29.7. The highest BCUT2D eigenvalue weighted by molar-refractivity contribution is 8.15. The molecule has 0 unspecified atom stereocenters. The van der Waals surface area contributed by atoms with Crippen LogP contribution in [-0.4, -0.2) is 24.5 Å². The Morgan fingerprint density at radius 1 is 0.893 bits per heavy atom. The van der Waals surface area contributed by atoms with E-state index in [0.717, 1.165) is 17.3 Å². The minimum atomic E-state index is -3.96. The van der Waals surface area contributed by atoms with E-state index in [2.05, 4.69) is 4.40 Å². The predicted molar refractivity (Wildman–Crippen MR) is 111 cm³/mol. The lowest BCUT2D eigenvalue weighted by Crippen LogP contribution is -2.05.